The molecule has 2 N–H and O–H groups in total. The van der Waals surface area contributed by atoms with Gasteiger partial charge < -0.3 is 20.1 Å². The molecule has 0 bridgehead atoms. The number of hydrogen-bond acceptors (Lipinski definition) is 7. The Hall–Kier alpha value is -3.10. The Morgan fingerprint density at radius 1 is 1.17 bits per heavy atom. The largest absolute Gasteiger partial charge is 0.497 e. The number of ether oxygens (including phenoxy) is 2. The molecule has 9 heteroatoms. The van der Waals surface area contributed by atoms with Crippen LogP contribution in [-0.4, -0.2) is 51.5 Å². The zero-order valence-electron chi connectivity index (χ0n) is 17.6. The van der Waals surface area contributed by atoms with Gasteiger partial charge in [-0.1, -0.05) is 0 Å². The van der Waals surface area contributed by atoms with Crippen LogP contribution in [0.25, 0.3) is 16.7 Å². The lowest BCUT2D eigenvalue weighted by atomic mass is 10.2. The molecule has 0 aliphatic heterocycles. The van der Waals surface area contributed by atoms with E-state index in [9.17, 15) is 4.79 Å². The van der Waals surface area contributed by atoms with Crippen molar-refractivity contribution in [2.45, 2.75) is 46.1 Å². The van der Waals surface area contributed by atoms with Gasteiger partial charge in [0, 0.05) is 19.2 Å². The molecule has 3 aromatic rings. The van der Waals surface area contributed by atoms with Crippen LogP contribution in [0.3, 0.4) is 0 Å². The molecule has 1 aromatic carbocycles. The fraction of sp³-hybridized carbons (Fsp3) is 0.500. The van der Waals surface area contributed by atoms with Crippen LogP contribution in [0, 0.1) is 6.92 Å². The summed E-state index contributed by atoms with van der Waals surface area (Å²) in [4.78, 5) is 16.3. The van der Waals surface area contributed by atoms with Crippen molar-refractivity contribution in [3.63, 3.8) is 0 Å². The first-order valence-corrected chi connectivity index (χ1v) is 9.69. The van der Waals surface area contributed by atoms with Gasteiger partial charge in [0.25, 0.3) is 0 Å². The molecule has 1 amide bonds. The number of carbonyl (C=O) groups excluding carboxylic acids is 1. The number of rotatable bonds is 7. The van der Waals surface area contributed by atoms with Crippen LogP contribution in [0.2, 0.25) is 0 Å². The van der Waals surface area contributed by atoms with Gasteiger partial charge >= 0.3 is 6.09 Å². The second-order valence-corrected chi connectivity index (χ2v) is 7.78. The molecule has 0 radical (unpaired) electrons. The Kier molecular flexibility index (Phi) is 6.05. The number of aryl methyl sites for hydroxylation is 1. The highest BCUT2D eigenvalue weighted by molar-refractivity contribution is 5.84. The number of amides is 1. The molecule has 2 aromatic heterocycles. The molecule has 0 unspecified atom stereocenters. The Bertz CT molecular complexity index is 1010. The maximum atomic E-state index is 11.6. The lowest BCUT2D eigenvalue weighted by Crippen LogP contribution is -2.33. The van der Waals surface area contributed by atoms with Gasteiger partial charge in [-0.05, 0) is 52.7 Å². The molecule has 0 saturated heterocycles. The third-order valence-corrected chi connectivity index (χ3v) is 4.26. The SMILES string of the molecule is COc1ccc2nc(NCCCCNC(=O)OC(C)(C)C)c3nnc(C)n3c2c1. The number of fused-ring (bicyclic) bond motifs is 3. The van der Waals surface area contributed by atoms with Crippen molar-refractivity contribution < 1.29 is 14.3 Å². The number of carbonyl (C=O) groups is 1. The van der Waals surface area contributed by atoms with Crippen molar-refractivity contribution in [2.24, 2.45) is 0 Å². The highest BCUT2D eigenvalue weighted by Crippen LogP contribution is 2.25. The number of alkyl carbamates (subject to hydrolysis) is 1. The van der Waals surface area contributed by atoms with E-state index >= 15 is 0 Å². The average molecular weight is 400 g/mol. The van der Waals surface area contributed by atoms with Gasteiger partial charge in [-0.2, -0.15) is 0 Å². The van der Waals surface area contributed by atoms with Gasteiger partial charge in [0.1, 0.15) is 17.2 Å². The topological polar surface area (TPSA) is 103 Å². The number of nitrogens with zero attached hydrogens (tertiary/aromatic N) is 4. The van der Waals surface area contributed by atoms with E-state index in [1.165, 1.54) is 0 Å². The smallest absolute Gasteiger partial charge is 0.407 e. The van der Waals surface area contributed by atoms with E-state index in [1.54, 1.807) is 7.11 Å². The van der Waals surface area contributed by atoms with E-state index in [0.717, 1.165) is 35.4 Å². The number of hydrogen-bond donors (Lipinski definition) is 2. The molecular weight excluding hydrogens is 372 g/mol. The minimum atomic E-state index is -0.487. The van der Waals surface area contributed by atoms with Crippen molar-refractivity contribution in [1.82, 2.24) is 24.9 Å². The highest BCUT2D eigenvalue weighted by Gasteiger charge is 2.16. The van der Waals surface area contributed by atoms with Crippen molar-refractivity contribution >= 4 is 28.6 Å². The van der Waals surface area contributed by atoms with Crippen molar-refractivity contribution in [3.8, 4) is 5.75 Å². The maximum Gasteiger partial charge on any atom is 0.407 e. The molecule has 9 nitrogen and oxygen atoms in total. The van der Waals surface area contributed by atoms with Crippen LogP contribution < -0.4 is 15.4 Å². The van der Waals surface area contributed by atoms with Crippen molar-refractivity contribution in [2.75, 3.05) is 25.5 Å². The molecule has 29 heavy (non-hydrogen) atoms. The quantitative estimate of drug-likeness (QED) is 0.587. The lowest BCUT2D eigenvalue weighted by molar-refractivity contribution is 0.0527. The zero-order chi connectivity index (χ0) is 21.0. The minimum absolute atomic E-state index is 0.391. The van der Waals surface area contributed by atoms with Gasteiger partial charge in [-0.15, -0.1) is 10.2 Å². The standard InChI is InChI=1S/C20H28N6O3/c1-13-24-25-18-17(21-10-6-7-11-22-19(27)29-20(2,3)4)23-15-9-8-14(28-5)12-16(15)26(13)18/h8-9,12H,6-7,10-11H2,1-5H3,(H,21,23)(H,22,27). The Balaban J connectivity index is 1.61. The molecule has 0 atom stereocenters. The fourth-order valence-electron chi connectivity index (χ4n) is 2.96. The van der Waals surface area contributed by atoms with E-state index in [1.807, 2.05) is 50.3 Å². The van der Waals surface area contributed by atoms with Crippen LogP contribution in [0.5, 0.6) is 5.75 Å². The summed E-state index contributed by atoms with van der Waals surface area (Å²) in [5.74, 6) is 2.22. The zero-order valence-corrected chi connectivity index (χ0v) is 17.6. The summed E-state index contributed by atoms with van der Waals surface area (Å²) in [5, 5.41) is 14.6. The summed E-state index contributed by atoms with van der Waals surface area (Å²) >= 11 is 0. The summed E-state index contributed by atoms with van der Waals surface area (Å²) in [5.41, 5.74) is 1.92. The molecule has 156 valence electrons. The van der Waals surface area contributed by atoms with Crippen LogP contribution >= 0.6 is 0 Å². The molecule has 0 aliphatic rings. The van der Waals surface area contributed by atoms with Gasteiger partial charge in [0.05, 0.1) is 18.1 Å². The molecule has 0 aliphatic carbocycles. The van der Waals surface area contributed by atoms with Gasteiger partial charge in [0.15, 0.2) is 5.82 Å². The third kappa shape index (κ3) is 5.04. The van der Waals surface area contributed by atoms with Crippen molar-refractivity contribution in [3.05, 3.63) is 24.0 Å². The number of methoxy groups -OCH3 is 1. The monoisotopic (exact) mass is 400 g/mol. The third-order valence-electron chi connectivity index (χ3n) is 4.26. The second-order valence-electron chi connectivity index (χ2n) is 7.78. The van der Waals surface area contributed by atoms with Crippen LogP contribution in [0.1, 0.15) is 39.4 Å². The summed E-state index contributed by atoms with van der Waals surface area (Å²) < 4.78 is 12.5. The molecule has 3 rings (SSSR count). The summed E-state index contributed by atoms with van der Waals surface area (Å²) in [6.45, 7) is 8.69. The fourth-order valence-corrected chi connectivity index (χ4v) is 2.96. The number of unbranched alkanes of at least 4 members (excludes halogenated alkanes) is 1. The molecule has 2 heterocycles. The predicted octanol–water partition coefficient (Wildman–Crippen LogP) is 3.31. The predicted molar refractivity (Wildman–Crippen MR) is 112 cm³/mol. The van der Waals surface area contributed by atoms with Crippen LogP contribution in [0.4, 0.5) is 10.6 Å². The number of benzene rings is 1. The van der Waals surface area contributed by atoms with Crippen molar-refractivity contribution in [1.29, 1.82) is 0 Å². The molecular formula is C20H28N6O3. The van der Waals surface area contributed by atoms with Crippen LogP contribution in [0.15, 0.2) is 18.2 Å². The van der Waals surface area contributed by atoms with E-state index in [-0.39, 0.29) is 0 Å². The Labute approximate surface area is 169 Å². The first-order chi connectivity index (χ1) is 13.8. The van der Waals surface area contributed by atoms with E-state index < -0.39 is 11.7 Å². The first-order valence-electron chi connectivity index (χ1n) is 9.69. The summed E-state index contributed by atoms with van der Waals surface area (Å²) in [6.07, 6.45) is 1.29. The molecule has 0 saturated carbocycles. The minimum Gasteiger partial charge on any atom is -0.497 e. The maximum absolute atomic E-state index is 11.6. The molecule has 0 spiro atoms. The van der Waals surface area contributed by atoms with E-state index in [0.29, 0.717) is 24.6 Å². The summed E-state index contributed by atoms with van der Waals surface area (Å²) in [7, 11) is 1.64. The van der Waals surface area contributed by atoms with Crippen LogP contribution in [-0.2, 0) is 4.74 Å². The van der Waals surface area contributed by atoms with Gasteiger partial charge in [-0.25, -0.2) is 9.78 Å². The van der Waals surface area contributed by atoms with Gasteiger partial charge in [-0.3, -0.25) is 4.40 Å². The number of aromatic nitrogens is 4. The normalized spacial score (nSPS) is 11.6. The second kappa shape index (κ2) is 8.50. The van der Waals surface area contributed by atoms with E-state index in [2.05, 4.69) is 20.8 Å². The average Bonchev–Trinajstić information content (AvgIpc) is 3.05. The lowest BCUT2D eigenvalue weighted by Gasteiger charge is -2.19. The number of anilines is 1. The molecule has 0 fully saturated rings. The first kappa shape index (κ1) is 20.6. The summed E-state index contributed by atoms with van der Waals surface area (Å²) in [6, 6.07) is 5.73. The Morgan fingerprint density at radius 2 is 1.93 bits per heavy atom. The Morgan fingerprint density at radius 3 is 2.66 bits per heavy atom. The number of nitrogens with one attached hydrogen (secondary N) is 2. The van der Waals surface area contributed by atoms with E-state index in [4.69, 9.17) is 14.5 Å². The van der Waals surface area contributed by atoms with Gasteiger partial charge in [0.2, 0.25) is 5.65 Å². The highest BCUT2D eigenvalue weighted by atomic mass is 16.6.